The second-order valence-electron chi connectivity index (χ2n) is 13.3. The number of ether oxygens (including phenoxy) is 1. The van der Waals surface area contributed by atoms with E-state index in [1.165, 1.54) is 6.20 Å². The van der Waals surface area contributed by atoms with Crippen LogP contribution < -0.4 is 16.0 Å². The van der Waals surface area contributed by atoms with Crippen LogP contribution in [-0.2, 0) is 14.8 Å². The molecule has 2 aromatic carbocycles. The third-order valence-electron chi connectivity index (χ3n) is 8.27. The molecule has 0 aliphatic carbocycles. The van der Waals surface area contributed by atoms with Crippen molar-refractivity contribution in [2.24, 2.45) is 0 Å². The van der Waals surface area contributed by atoms with Crippen molar-refractivity contribution < 1.29 is 22.7 Å². The van der Waals surface area contributed by atoms with Crippen LogP contribution in [0.3, 0.4) is 0 Å². The predicted molar refractivity (Wildman–Crippen MR) is 185 cm³/mol. The van der Waals surface area contributed by atoms with Crippen LogP contribution in [0.15, 0.2) is 65.7 Å². The van der Waals surface area contributed by atoms with E-state index >= 15 is 0 Å². The lowest BCUT2D eigenvalue weighted by molar-refractivity contribution is 0.0206. The van der Waals surface area contributed by atoms with Gasteiger partial charge in [-0.05, 0) is 89.8 Å². The Morgan fingerprint density at radius 3 is 2.35 bits per heavy atom. The van der Waals surface area contributed by atoms with Crippen molar-refractivity contribution >= 4 is 56.3 Å². The van der Waals surface area contributed by atoms with E-state index in [-0.39, 0.29) is 34.7 Å². The molecule has 2 aliphatic heterocycles. The van der Waals surface area contributed by atoms with E-state index in [9.17, 15) is 18.0 Å². The Bertz CT molecular complexity index is 1910. The smallest absolute Gasteiger partial charge is 0.410 e. The van der Waals surface area contributed by atoms with Crippen molar-refractivity contribution in [1.29, 1.82) is 0 Å². The summed E-state index contributed by atoms with van der Waals surface area (Å²) in [7, 11) is -4.00. The van der Waals surface area contributed by atoms with Crippen LogP contribution in [0.4, 0.5) is 32.7 Å². The van der Waals surface area contributed by atoms with Crippen LogP contribution in [-0.4, -0.2) is 82.1 Å². The minimum atomic E-state index is -4.00. The third-order valence-corrected chi connectivity index (χ3v) is 9.95. The first-order valence-electron chi connectivity index (χ1n) is 16.2. The van der Waals surface area contributed by atoms with E-state index in [4.69, 9.17) is 9.72 Å². The van der Waals surface area contributed by atoms with E-state index in [0.29, 0.717) is 35.7 Å². The van der Waals surface area contributed by atoms with Crippen LogP contribution in [0.25, 0.3) is 11.0 Å². The van der Waals surface area contributed by atoms with Crippen molar-refractivity contribution in [3.63, 3.8) is 0 Å². The van der Waals surface area contributed by atoms with Gasteiger partial charge in [-0.2, -0.15) is 9.97 Å². The Morgan fingerprint density at radius 1 is 0.917 bits per heavy atom. The van der Waals surface area contributed by atoms with Crippen LogP contribution in [0, 0.1) is 6.92 Å². The second kappa shape index (κ2) is 13.3. The van der Waals surface area contributed by atoms with E-state index in [1.807, 2.05) is 33.8 Å². The zero-order valence-corrected chi connectivity index (χ0v) is 28.5. The molecule has 0 saturated carbocycles. The molecule has 3 amide bonds. The maximum absolute atomic E-state index is 13.8. The Morgan fingerprint density at radius 2 is 1.62 bits per heavy atom. The summed E-state index contributed by atoms with van der Waals surface area (Å²) in [5.74, 6) is 0.585. The number of carbonyl (C=O) groups is 2. The van der Waals surface area contributed by atoms with Crippen molar-refractivity contribution in [1.82, 2.24) is 23.7 Å². The van der Waals surface area contributed by atoms with Gasteiger partial charge < -0.3 is 30.5 Å². The molecule has 2 aromatic heterocycles. The number of aryl methyl sites for hydroxylation is 1. The molecule has 2 aliphatic rings. The quantitative estimate of drug-likeness (QED) is 0.209. The number of urea groups is 1. The summed E-state index contributed by atoms with van der Waals surface area (Å²) < 4.78 is 34.4. The molecule has 0 radical (unpaired) electrons. The maximum Gasteiger partial charge on any atom is 0.410 e. The molecule has 2 fully saturated rings. The maximum atomic E-state index is 13.8. The molecule has 0 spiro atoms. The minimum Gasteiger partial charge on any atom is -0.444 e. The van der Waals surface area contributed by atoms with Gasteiger partial charge in [0.1, 0.15) is 11.4 Å². The number of rotatable bonds is 7. The number of hydrogen-bond donors (Lipinski definition) is 3. The molecule has 4 aromatic rings. The lowest BCUT2D eigenvalue weighted by Gasteiger charge is -2.34. The van der Waals surface area contributed by atoms with Gasteiger partial charge in [0, 0.05) is 49.8 Å². The van der Waals surface area contributed by atoms with Gasteiger partial charge in [-0.3, -0.25) is 0 Å². The molecular weight excluding hydrogens is 632 g/mol. The second-order valence-corrected chi connectivity index (χ2v) is 15.1. The fourth-order valence-electron chi connectivity index (χ4n) is 5.88. The molecule has 3 N–H and O–H groups in total. The Hall–Kier alpha value is -4.85. The van der Waals surface area contributed by atoms with E-state index in [2.05, 4.69) is 20.9 Å². The summed E-state index contributed by atoms with van der Waals surface area (Å²) in [6.45, 7) is 9.84. The van der Waals surface area contributed by atoms with Crippen LogP contribution in [0.1, 0.15) is 52.0 Å². The number of nitrogens with one attached hydrogen (secondary N) is 3. The van der Waals surface area contributed by atoms with Crippen molar-refractivity contribution in [2.75, 3.05) is 42.1 Å². The number of fused-ring (bicyclic) bond motifs is 1. The molecule has 6 rings (SSSR count). The molecule has 1 atom stereocenters. The van der Waals surface area contributed by atoms with Gasteiger partial charge in [-0.1, -0.05) is 23.8 Å². The highest BCUT2D eigenvalue weighted by Crippen LogP contribution is 2.30. The summed E-state index contributed by atoms with van der Waals surface area (Å²) >= 11 is 0. The summed E-state index contributed by atoms with van der Waals surface area (Å²) in [5, 5.41) is 10.1. The fraction of sp³-hybridized carbons (Fsp3) is 0.412. The highest BCUT2D eigenvalue weighted by Gasteiger charge is 2.29. The molecule has 14 heteroatoms. The van der Waals surface area contributed by atoms with Gasteiger partial charge in [-0.15, -0.1) is 0 Å². The minimum absolute atomic E-state index is 0.134. The number of aromatic nitrogens is 3. The van der Waals surface area contributed by atoms with E-state index in [1.54, 1.807) is 58.3 Å². The van der Waals surface area contributed by atoms with Gasteiger partial charge in [0.05, 0.1) is 10.3 Å². The number of amides is 3. The zero-order chi connectivity index (χ0) is 34.1. The summed E-state index contributed by atoms with van der Waals surface area (Å²) in [6, 6.07) is 15.2. The number of piperidine rings is 1. The molecule has 4 heterocycles. The van der Waals surface area contributed by atoms with Gasteiger partial charge in [0.15, 0.2) is 5.65 Å². The van der Waals surface area contributed by atoms with E-state index < -0.39 is 15.6 Å². The van der Waals surface area contributed by atoms with Crippen molar-refractivity contribution in [3.8, 4) is 0 Å². The SMILES string of the molecule is Cc1ccc(S(=O)(=O)n2ccc3c(N[C@@H]4CCCN(C(=O)OC(C)(C)C)C4)nc(Nc4cccc(NC(=O)N5CCCC5)c4)nc32)cc1. The largest absolute Gasteiger partial charge is 0.444 e. The van der Waals surface area contributed by atoms with Gasteiger partial charge >= 0.3 is 12.1 Å². The molecule has 13 nitrogen and oxygen atoms in total. The first-order chi connectivity index (χ1) is 22.9. The first-order valence-corrected chi connectivity index (χ1v) is 17.7. The first kappa shape index (κ1) is 33.1. The van der Waals surface area contributed by atoms with Crippen molar-refractivity contribution in [3.05, 3.63) is 66.4 Å². The van der Waals surface area contributed by atoms with Gasteiger partial charge in [0.2, 0.25) is 5.95 Å². The molecule has 0 unspecified atom stereocenters. The molecule has 2 saturated heterocycles. The lowest BCUT2D eigenvalue weighted by atomic mass is 10.1. The van der Waals surface area contributed by atoms with E-state index in [0.717, 1.165) is 48.3 Å². The monoisotopic (exact) mass is 674 g/mol. The van der Waals surface area contributed by atoms with Crippen LogP contribution >= 0.6 is 0 Å². The average Bonchev–Trinajstić information content (AvgIpc) is 3.72. The zero-order valence-electron chi connectivity index (χ0n) is 27.7. The normalized spacial score (nSPS) is 17.0. The number of anilines is 4. The molecule has 254 valence electrons. The van der Waals surface area contributed by atoms with Crippen LogP contribution in [0.2, 0.25) is 0 Å². The lowest BCUT2D eigenvalue weighted by Crippen LogP contribution is -2.47. The van der Waals surface area contributed by atoms with Crippen molar-refractivity contribution in [2.45, 2.75) is 69.9 Å². The van der Waals surface area contributed by atoms with Gasteiger partial charge in [0.25, 0.3) is 10.0 Å². The third kappa shape index (κ3) is 7.48. The fourth-order valence-corrected chi connectivity index (χ4v) is 7.18. The highest BCUT2D eigenvalue weighted by molar-refractivity contribution is 7.90. The van der Waals surface area contributed by atoms with Gasteiger partial charge in [-0.25, -0.2) is 22.0 Å². The van der Waals surface area contributed by atoms with Crippen LogP contribution in [0.5, 0.6) is 0 Å². The summed E-state index contributed by atoms with van der Waals surface area (Å²) in [4.78, 5) is 38.6. The Kier molecular flexibility index (Phi) is 9.19. The summed E-state index contributed by atoms with van der Waals surface area (Å²) in [6.07, 6.45) is 4.62. The summed E-state index contributed by atoms with van der Waals surface area (Å²) in [5.41, 5.74) is 1.72. The average molecular weight is 675 g/mol. The molecule has 48 heavy (non-hydrogen) atoms. The Labute approximate surface area is 280 Å². The topological polar surface area (TPSA) is 151 Å². The number of likely N-dealkylation sites (tertiary alicyclic amines) is 2. The highest BCUT2D eigenvalue weighted by atomic mass is 32.2. The number of benzene rings is 2. The molecule has 0 bridgehead atoms. The number of carbonyl (C=O) groups excluding carboxylic acids is 2. The number of hydrogen-bond acceptors (Lipinski definition) is 9. The standard InChI is InChI=1S/C34H42N8O5S/c1-23-12-14-27(15-13-23)48(45,46)42-20-16-28-29(35-26-11-8-19-41(22-26)33(44)47-34(2,3)4)38-31(39-30(28)42)36-24-9-7-10-25(21-24)37-32(43)40-17-5-6-18-40/h7,9-10,12-16,20-21,26H,5-6,8,11,17-19,22H2,1-4H3,(H,37,43)(H2,35,36,38,39)/t26-/m1/s1. The number of nitrogens with zero attached hydrogens (tertiary/aromatic N) is 5. The predicted octanol–water partition coefficient (Wildman–Crippen LogP) is 6.16. The Balaban J connectivity index is 1.33. The molecular formula is C34H42N8O5S.